The first-order valence-electron chi connectivity index (χ1n) is 11.4. The van der Waals surface area contributed by atoms with Gasteiger partial charge in [0, 0.05) is 31.9 Å². The Kier molecular flexibility index (Phi) is 8.84. The molecule has 2 heterocycles. The average molecular weight is 441 g/mol. The Bertz CT molecular complexity index is 871. The predicted octanol–water partition coefficient (Wildman–Crippen LogP) is 1.76. The van der Waals surface area contributed by atoms with Crippen molar-refractivity contribution in [1.82, 2.24) is 31.0 Å². The Hall–Kier alpha value is -2.68. The lowest BCUT2D eigenvalue weighted by Crippen LogP contribution is -2.57. The molecule has 1 aliphatic rings. The van der Waals surface area contributed by atoms with Crippen molar-refractivity contribution in [2.75, 3.05) is 46.8 Å². The first kappa shape index (κ1) is 24.0. The molecule has 0 aliphatic carbocycles. The summed E-state index contributed by atoms with van der Waals surface area (Å²) in [5.74, 6) is -0.423. The van der Waals surface area contributed by atoms with Crippen LogP contribution in [0.3, 0.4) is 0 Å². The molecule has 0 spiro atoms. The van der Waals surface area contributed by atoms with Gasteiger partial charge in [-0.3, -0.25) is 15.0 Å². The molecule has 2 amide bonds. The van der Waals surface area contributed by atoms with Crippen LogP contribution in [0, 0.1) is 6.92 Å². The number of H-pyrrole nitrogens is 1. The van der Waals surface area contributed by atoms with Gasteiger partial charge in [-0.25, -0.2) is 5.01 Å². The van der Waals surface area contributed by atoms with Gasteiger partial charge in [0.05, 0.1) is 0 Å². The Morgan fingerprint density at radius 3 is 2.44 bits per heavy atom. The van der Waals surface area contributed by atoms with E-state index >= 15 is 0 Å². The topological polar surface area (TPSA) is 92.5 Å². The zero-order valence-electron chi connectivity index (χ0n) is 19.4. The van der Waals surface area contributed by atoms with Crippen LogP contribution in [0.1, 0.15) is 35.3 Å². The van der Waals surface area contributed by atoms with Gasteiger partial charge in [0.15, 0.2) is 0 Å². The Morgan fingerprint density at radius 1 is 1.03 bits per heavy atom. The standard InChI is InChI=1S/C24H36N6O2/c1-18-7-9-19(10-8-18)20-11-12-22(26-20)23(31)27-21(6-4-5-13-25-2)24(32)28-30-16-14-29(3)15-17-30/h7-12,21,25-26H,4-6,13-17H2,1-3H3,(H,27,31)(H,28,32). The van der Waals surface area contributed by atoms with E-state index in [0.29, 0.717) is 12.1 Å². The van der Waals surface area contributed by atoms with E-state index in [4.69, 9.17) is 0 Å². The Morgan fingerprint density at radius 2 is 1.75 bits per heavy atom. The van der Waals surface area contributed by atoms with E-state index < -0.39 is 6.04 Å². The largest absolute Gasteiger partial charge is 0.351 e. The highest BCUT2D eigenvalue weighted by atomic mass is 16.2. The second-order valence-electron chi connectivity index (χ2n) is 8.54. The van der Waals surface area contributed by atoms with Crippen LogP contribution in [-0.2, 0) is 4.79 Å². The molecule has 4 N–H and O–H groups in total. The number of unbranched alkanes of at least 4 members (excludes halogenated alkanes) is 1. The lowest BCUT2D eigenvalue weighted by molar-refractivity contribution is -0.128. The second kappa shape index (κ2) is 11.8. The molecule has 174 valence electrons. The minimum Gasteiger partial charge on any atom is -0.351 e. The summed E-state index contributed by atoms with van der Waals surface area (Å²) in [6.45, 7) is 6.30. The van der Waals surface area contributed by atoms with Crippen molar-refractivity contribution < 1.29 is 9.59 Å². The first-order chi connectivity index (χ1) is 15.5. The van der Waals surface area contributed by atoms with Gasteiger partial charge in [-0.2, -0.15) is 0 Å². The number of hydrogen-bond acceptors (Lipinski definition) is 5. The van der Waals surface area contributed by atoms with Crippen LogP contribution in [-0.4, -0.2) is 79.6 Å². The fourth-order valence-corrected chi connectivity index (χ4v) is 3.74. The number of aromatic amines is 1. The maximum atomic E-state index is 13.0. The van der Waals surface area contributed by atoms with Gasteiger partial charge in [0.2, 0.25) is 0 Å². The summed E-state index contributed by atoms with van der Waals surface area (Å²) in [6.07, 6.45) is 2.39. The molecule has 0 saturated carbocycles. The molecule has 3 rings (SSSR count). The van der Waals surface area contributed by atoms with Gasteiger partial charge in [-0.1, -0.05) is 29.8 Å². The minimum absolute atomic E-state index is 0.155. The number of likely N-dealkylation sites (N-methyl/N-ethyl adjacent to an activating group) is 1. The van der Waals surface area contributed by atoms with Crippen LogP contribution < -0.4 is 16.1 Å². The third-order valence-corrected chi connectivity index (χ3v) is 5.86. The van der Waals surface area contributed by atoms with Gasteiger partial charge in [-0.15, -0.1) is 0 Å². The van der Waals surface area contributed by atoms with Gasteiger partial charge < -0.3 is 20.5 Å². The van der Waals surface area contributed by atoms with Crippen LogP contribution in [0.25, 0.3) is 11.3 Å². The van der Waals surface area contributed by atoms with E-state index in [9.17, 15) is 9.59 Å². The number of amides is 2. The summed E-state index contributed by atoms with van der Waals surface area (Å²) in [5.41, 5.74) is 6.54. The van der Waals surface area contributed by atoms with Crippen molar-refractivity contribution >= 4 is 11.8 Å². The number of benzene rings is 1. The van der Waals surface area contributed by atoms with Crippen LogP contribution in [0.4, 0.5) is 0 Å². The first-order valence-corrected chi connectivity index (χ1v) is 11.4. The summed E-state index contributed by atoms with van der Waals surface area (Å²) < 4.78 is 0. The van der Waals surface area contributed by atoms with E-state index in [1.807, 2.05) is 49.3 Å². The van der Waals surface area contributed by atoms with E-state index in [0.717, 1.165) is 56.8 Å². The van der Waals surface area contributed by atoms with E-state index in [-0.39, 0.29) is 11.8 Å². The molecular formula is C24H36N6O2. The number of nitrogens with zero attached hydrogens (tertiary/aromatic N) is 2. The highest BCUT2D eigenvalue weighted by Crippen LogP contribution is 2.19. The highest BCUT2D eigenvalue weighted by Gasteiger charge is 2.24. The van der Waals surface area contributed by atoms with Crippen molar-refractivity contribution in [2.45, 2.75) is 32.2 Å². The summed E-state index contributed by atoms with van der Waals surface area (Å²) in [6, 6.07) is 11.2. The molecule has 8 heteroatoms. The fourth-order valence-electron chi connectivity index (χ4n) is 3.74. The fraction of sp³-hybridized carbons (Fsp3) is 0.500. The van der Waals surface area contributed by atoms with Crippen LogP contribution in [0.2, 0.25) is 0 Å². The average Bonchev–Trinajstić information content (AvgIpc) is 3.28. The smallest absolute Gasteiger partial charge is 0.268 e. The molecule has 0 radical (unpaired) electrons. The van der Waals surface area contributed by atoms with E-state index in [1.165, 1.54) is 5.56 Å². The number of rotatable bonds is 10. The van der Waals surface area contributed by atoms with E-state index in [2.05, 4.69) is 33.0 Å². The second-order valence-corrected chi connectivity index (χ2v) is 8.54. The lowest BCUT2D eigenvalue weighted by atomic mass is 10.1. The van der Waals surface area contributed by atoms with Crippen LogP contribution >= 0.6 is 0 Å². The number of hydrazine groups is 1. The number of carbonyl (C=O) groups excluding carboxylic acids is 2. The lowest BCUT2D eigenvalue weighted by Gasteiger charge is -2.33. The Labute approximate surface area is 190 Å². The van der Waals surface area contributed by atoms with E-state index in [1.54, 1.807) is 6.07 Å². The van der Waals surface area contributed by atoms with Gasteiger partial charge in [0.1, 0.15) is 11.7 Å². The van der Waals surface area contributed by atoms with Crippen molar-refractivity contribution in [2.24, 2.45) is 0 Å². The molecule has 32 heavy (non-hydrogen) atoms. The third kappa shape index (κ3) is 6.91. The number of aryl methyl sites for hydroxylation is 1. The van der Waals surface area contributed by atoms with Crippen molar-refractivity contribution in [3.63, 3.8) is 0 Å². The van der Waals surface area contributed by atoms with Crippen LogP contribution in [0.15, 0.2) is 36.4 Å². The maximum Gasteiger partial charge on any atom is 0.268 e. The number of nitrogens with one attached hydrogen (secondary N) is 4. The van der Waals surface area contributed by atoms with Crippen molar-refractivity contribution in [1.29, 1.82) is 0 Å². The molecule has 0 bridgehead atoms. The molecule has 2 aromatic rings. The molecule has 1 fully saturated rings. The zero-order chi connectivity index (χ0) is 22.9. The van der Waals surface area contributed by atoms with Gasteiger partial charge >= 0.3 is 0 Å². The normalized spacial score (nSPS) is 16.0. The molecule has 1 saturated heterocycles. The van der Waals surface area contributed by atoms with Crippen molar-refractivity contribution in [3.8, 4) is 11.3 Å². The quantitative estimate of drug-likeness (QED) is 0.423. The third-order valence-electron chi connectivity index (χ3n) is 5.86. The molecule has 1 aromatic carbocycles. The van der Waals surface area contributed by atoms with Gasteiger partial charge in [0.25, 0.3) is 11.8 Å². The zero-order valence-corrected chi connectivity index (χ0v) is 19.4. The SMILES string of the molecule is CNCCCCC(NC(=O)c1ccc(-c2ccc(C)cc2)[nH]1)C(=O)NN1CCN(C)CC1. The summed E-state index contributed by atoms with van der Waals surface area (Å²) in [4.78, 5) is 31.3. The monoisotopic (exact) mass is 440 g/mol. The molecule has 1 atom stereocenters. The minimum atomic E-state index is -0.579. The summed E-state index contributed by atoms with van der Waals surface area (Å²) >= 11 is 0. The predicted molar refractivity (Wildman–Crippen MR) is 127 cm³/mol. The number of piperazine rings is 1. The highest BCUT2D eigenvalue weighted by molar-refractivity contribution is 5.96. The van der Waals surface area contributed by atoms with Gasteiger partial charge in [-0.05, 0) is 64.5 Å². The molecule has 1 aromatic heterocycles. The van der Waals surface area contributed by atoms with Crippen LogP contribution in [0.5, 0.6) is 0 Å². The molecular weight excluding hydrogens is 404 g/mol. The summed E-state index contributed by atoms with van der Waals surface area (Å²) in [5, 5.41) is 8.01. The maximum absolute atomic E-state index is 13.0. The number of hydrogen-bond donors (Lipinski definition) is 4. The molecule has 8 nitrogen and oxygen atoms in total. The summed E-state index contributed by atoms with van der Waals surface area (Å²) in [7, 11) is 3.99. The number of carbonyl (C=O) groups is 2. The van der Waals surface area contributed by atoms with Crippen molar-refractivity contribution in [3.05, 3.63) is 47.7 Å². The molecule has 1 aliphatic heterocycles. The Balaban J connectivity index is 1.63. The number of aromatic nitrogens is 1. The molecule has 1 unspecified atom stereocenters.